The summed E-state index contributed by atoms with van der Waals surface area (Å²) in [6.45, 7) is 2.14. The van der Waals surface area contributed by atoms with Gasteiger partial charge in [0.05, 0.1) is 6.42 Å². The second-order valence-corrected chi connectivity index (χ2v) is 6.08. The minimum Gasteiger partial charge on any atom is -0.481 e. The van der Waals surface area contributed by atoms with E-state index in [1.807, 2.05) is 0 Å². The molecule has 0 saturated heterocycles. The Morgan fingerprint density at radius 2 is 1.05 bits per heavy atom. The second kappa shape index (κ2) is 14.7. The number of carbonyl (C=O) groups is 3. The molecule has 0 aromatic carbocycles. The number of carboxylic acid groups (broad SMARTS) is 1. The van der Waals surface area contributed by atoms with Gasteiger partial charge in [-0.25, -0.2) is 0 Å². The smallest absolute Gasteiger partial charge is 0.303 e. The van der Waals surface area contributed by atoms with Gasteiger partial charge in [0.25, 0.3) is 0 Å². The molecule has 0 spiro atoms. The number of hydrogen-bond donors (Lipinski definition) is 1. The summed E-state index contributed by atoms with van der Waals surface area (Å²) in [5.41, 5.74) is 0. The summed E-state index contributed by atoms with van der Waals surface area (Å²) in [5, 5.41) is 8.50. The van der Waals surface area contributed by atoms with Gasteiger partial charge in [-0.1, -0.05) is 51.9 Å². The van der Waals surface area contributed by atoms with Crippen molar-refractivity contribution in [2.45, 2.75) is 96.8 Å². The Morgan fingerprint density at radius 1 is 0.636 bits per heavy atom. The van der Waals surface area contributed by atoms with Gasteiger partial charge in [-0.15, -0.1) is 0 Å². The Hall–Kier alpha value is -1.19. The van der Waals surface area contributed by atoms with Crippen LogP contribution in [-0.4, -0.2) is 22.6 Å². The number of hydrogen-bond acceptors (Lipinski definition) is 3. The number of rotatable bonds is 16. The van der Waals surface area contributed by atoms with Crippen molar-refractivity contribution >= 4 is 17.5 Å². The van der Waals surface area contributed by atoms with Gasteiger partial charge in [0.15, 0.2) is 0 Å². The molecule has 0 rings (SSSR count). The van der Waals surface area contributed by atoms with Crippen molar-refractivity contribution in [3.63, 3.8) is 0 Å². The van der Waals surface area contributed by atoms with E-state index in [1.165, 1.54) is 0 Å². The average Bonchev–Trinajstić information content (AvgIpc) is 2.46. The van der Waals surface area contributed by atoms with Crippen LogP contribution in [0.15, 0.2) is 0 Å². The van der Waals surface area contributed by atoms with E-state index in [0.717, 1.165) is 64.2 Å². The Kier molecular flexibility index (Phi) is 13.9. The highest BCUT2D eigenvalue weighted by atomic mass is 16.4. The lowest BCUT2D eigenvalue weighted by molar-refractivity contribution is -0.137. The normalized spacial score (nSPS) is 10.6. The predicted octanol–water partition coefficient (Wildman–Crippen LogP) is 4.69. The minimum atomic E-state index is -0.732. The van der Waals surface area contributed by atoms with Crippen molar-refractivity contribution in [2.75, 3.05) is 0 Å². The fourth-order valence-electron chi connectivity index (χ4n) is 2.45. The number of carboxylic acids is 1. The Balaban J connectivity index is 3.38. The number of carbonyl (C=O) groups excluding carboxylic acids is 2. The van der Waals surface area contributed by atoms with Gasteiger partial charge in [-0.3, -0.25) is 14.4 Å². The zero-order valence-electron chi connectivity index (χ0n) is 14.1. The SMILES string of the molecule is CCCCCCC(=O)CC(=O)CCCCCCCCC(=O)O. The molecule has 0 radical (unpaired) electrons. The molecule has 0 unspecified atom stereocenters. The van der Waals surface area contributed by atoms with Crippen molar-refractivity contribution < 1.29 is 19.5 Å². The highest BCUT2D eigenvalue weighted by Gasteiger charge is 2.09. The van der Waals surface area contributed by atoms with Gasteiger partial charge in [-0.05, 0) is 19.3 Å². The first kappa shape index (κ1) is 20.8. The van der Waals surface area contributed by atoms with Crippen LogP contribution in [0.3, 0.4) is 0 Å². The molecule has 0 amide bonds. The lowest BCUT2D eigenvalue weighted by Crippen LogP contribution is -2.07. The number of unbranched alkanes of at least 4 members (excludes halogenated alkanes) is 8. The van der Waals surface area contributed by atoms with E-state index < -0.39 is 5.97 Å². The molecule has 4 heteroatoms. The van der Waals surface area contributed by atoms with Crippen LogP contribution in [-0.2, 0) is 14.4 Å². The summed E-state index contributed by atoms with van der Waals surface area (Å²) in [7, 11) is 0. The van der Waals surface area contributed by atoms with Crippen molar-refractivity contribution in [2.24, 2.45) is 0 Å². The summed E-state index contributed by atoms with van der Waals surface area (Å²) in [6.07, 6.45) is 11.3. The van der Waals surface area contributed by atoms with Crippen LogP contribution in [0.5, 0.6) is 0 Å². The molecule has 0 heterocycles. The van der Waals surface area contributed by atoms with Gasteiger partial charge < -0.3 is 5.11 Å². The van der Waals surface area contributed by atoms with Gasteiger partial charge >= 0.3 is 5.97 Å². The fraction of sp³-hybridized carbons (Fsp3) is 0.833. The van der Waals surface area contributed by atoms with E-state index in [2.05, 4.69) is 6.92 Å². The molecule has 128 valence electrons. The number of ketones is 2. The summed E-state index contributed by atoms with van der Waals surface area (Å²) < 4.78 is 0. The molecular formula is C18H32O4. The summed E-state index contributed by atoms with van der Waals surface area (Å²) in [4.78, 5) is 33.6. The molecule has 1 N–H and O–H groups in total. The molecule has 0 aliphatic carbocycles. The third kappa shape index (κ3) is 15.2. The second-order valence-electron chi connectivity index (χ2n) is 6.08. The van der Waals surface area contributed by atoms with Gasteiger partial charge in [0.1, 0.15) is 11.6 Å². The van der Waals surface area contributed by atoms with Crippen molar-refractivity contribution in [1.82, 2.24) is 0 Å². The van der Waals surface area contributed by atoms with Crippen LogP contribution < -0.4 is 0 Å². The largest absolute Gasteiger partial charge is 0.481 e. The molecule has 0 aromatic rings. The predicted molar refractivity (Wildman–Crippen MR) is 88.0 cm³/mol. The van der Waals surface area contributed by atoms with Gasteiger partial charge in [0.2, 0.25) is 0 Å². The van der Waals surface area contributed by atoms with Gasteiger partial charge in [0, 0.05) is 19.3 Å². The Morgan fingerprint density at radius 3 is 1.50 bits per heavy atom. The van der Waals surface area contributed by atoms with Crippen LogP contribution in [0, 0.1) is 0 Å². The molecule has 22 heavy (non-hydrogen) atoms. The highest BCUT2D eigenvalue weighted by molar-refractivity contribution is 5.98. The molecule has 0 bridgehead atoms. The molecule has 0 aliphatic heterocycles. The lowest BCUT2D eigenvalue weighted by Gasteiger charge is -2.02. The minimum absolute atomic E-state index is 0.0753. The number of Topliss-reactive ketones (excluding diaryl/α,β-unsaturated/α-hetero) is 2. The van der Waals surface area contributed by atoms with E-state index in [0.29, 0.717) is 12.8 Å². The van der Waals surface area contributed by atoms with E-state index >= 15 is 0 Å². The first-order chi connectivity index (χ1) is 10.6. The van der Waals surface area contributed by atoms with E-state index in [-0.39, 0.29) is 24.4 Å². The van der Waals surface area contributed by atoms with Crippen LogP contribution in [0.4, 0.5) is 0 Å². The standard InChI is InChI=1S/C18H32O4/c1-2-3-4-9-12-16(19)15-17(20)13-10-7-5-6-8-11-14-18(21)22/h2-15H2,1H3,(H,21,22). The average molecular weight is 312 g/mol. The van der Waals surface area contributed by atoms with Crippen molar-refractivity contribution in [1.29, 1.82) is 0 Å². The maximum absolute atomic E-state index is 11.7. The Bertz CT molecular complexity index is 323. The Labute approximate surface area is 134 Å². The third-order valence-electron chi connectivity index (χ3n) is 3.80. The molecule has 0 aliphatic rings. The quantitative estimate of drug-likeness (QED) is 0.331. The molecule has 0 saturated carbocycles. The summed E-state index contributed by atoms with van der Waals surface area (Å²) >= 11 is 0. The first-order valence-corrected chi connectivity index (χ1v) is 8.81. The zero-order chi connectivity index (χ0) is 16.6. The van der Waals surface area contributed by atoms with E-state index in [4.69, 9.17) is 5.11 Å². The summed E-state index contributed by atoms with van der Waals surface area (Å²) in [6, 6.07) is 0. The van der Waals surface area contributed by atoms with Crippen molar-refractivity contribution in [3.05, 3.63) is 0 Å². The van der Waals surface area contributed by atoms with Crippen LogP contribution in [0.25, 0.3) is 0 Å². The van der Waals surface area contributed by atoms with Crippen LogP contribution in [0.1, 0.15) is 96.8 Å². The maximum Gasteiger partial charge on any atom is 0.303 e. The lowest BCUT2D eigenvalue weighted by atomic mass is 10.0. The first-order valence-electron chi connectivity index (χ1n) is 8.81. The van der Waals surface area contributed by atoms with Crippen molar-refractivity contribution in [3.8, 4) is 0 Å². The molecule has 0 aromatic heterocycles. The van der Waals surface area contributed by atoms with Crippen LogP contribution in [0.2, 0.25) is 0 Å². The van der Waals surface area contributed by atoms with E-state index in [9.17, 15) is 14.4 Å². The molecule has 4 nitrogen and oxygen atoms in total. The van der Waals surface area contributed by atoms with E-state index in [1.54, 1.807) is 0 Å². The number of aliphatic carboxylic acids is 1. The third-order valence-corrected chi connectivity index (χ3v) is 3.80. The fourth-order valence-corrected chi connectivity index (χ4v) is 2.45. The topological polar surface area (TPSA) is 71.4 Å². The van der Waals surface area contributed by atoms with Gasteiger partial charge in [-0.2, -0.15) is 0 Å². The molecule has 0 fully saturated rings. The maximum atomic E-state index is 11.7. The zero-order valence-corrected chi connectivity index (χ0v) is 14.1. The molecular weight excluding hydrogens is 280 g/mol. The molecule has 0 atom stereocenters. The van der Waals surface area contributed by atoms with Crippen LogP contribution >= 0.6 is 0 Å². The monoisotopic (exact) mass is 312 g/mol. The highest BCUT2D eigenvalue weighted by Crippen LogP contribution is 2.10. The summed E-state index contributed by atoms with van der Waals surface area (Å²) in [5.74, 6) is -0.564.